The molecule has 1 unspecified atom stereocenters. The van der Waals surface area contributed by atoms with Gasteiger partial charge in [0.25, 0.3) is 0 Å². The lowest BCUT2D eigenvalue weighted by Crippen LogP contribution is -2.47. The summed E-state index contributed by atoms with van der Waals surface area (Å²) in [7, 11) is 0. The van der Waals surface area contributed by atoms with E-state index in [9.17, 15) is 27.2 Å². The highest BCUT2D eigenvalue weighted by atomic mass is 19.4. The number of hydrogen-bond acceptors (Lipinski definition) is 3. The first-order valence-corrected chi connectivity index (χ1v) is 8.97. The van der Waals surface area contributed by atoms with Crippen LogP contribution in [0.2, 0.25) is 0 Å². The summed E-state index contributed by atoms with van der Waals surface area (Å²) in [5.41, 5.74) is -0.895. The number of halogens is 4. The molecule has 1 aromatic carbocycles. The van der Waals surface area contributed by atoms with Gasteiger partial charge in [0.2, 0.25) is 5.91 Å². The van der Waals surface area contributed by atoms with Gasteiger partial charge >= 0.3 is 12.3 Å². The fourth-order valence-electron chi connectivity index (χ4n) is 2.92. The fraction of sp³-hybridized carbons (Fsp3) is 0.579. The van der Waals surface area contributed by atoms with Crippen LogP contribution in [0.3, 0.4) is 0 Å². The molecule has 1 aromatic rings. The van der Waals surface area contributed by atoms with E-state index in [-0.39, 0.29) is 31.5 Å². The van der Waals surface area contributed by atoms with Crippen LogP contribution in [0.1, 0.15) is 45.2 Å². The van der Waals surface area contributed by atoms with Gasteiger partial charge in [0.15, 0.2) is 6.04 Å². The van der Waals surface area contributed by atoms with Crippen molar-refractivity contribution < 1.29 is 31.9 Å². The molecule has 1 N–H and O–H groups in total. The molecule has 28 heavy (non-hydrogen) atoms. The van der Waals surface area contributed by atoms with Crippen molar-refractivity contribution in [1.82, 2.24) is 10.2 Å². The van der Waals surface area contributed by atoms with Gasteiger partial charge in [0.05, 0.1) is 0 Å². The minimum Gasteiger partial charge on any atom is -0.444 e. The Bertz CT molecular complexity index is 691. The molecular formula is C19H24F4N2O3. The summed E-state index contributed by atoms with van der Waals surface area (Å²) in [5, 5.41) is 2.02. The van der Waals surface area contributed by atoms with Crippen molar-refractivity contribution in [1.29, 1.82) is 0 Å². The molecule has 0 bridgehead atoms. The molecule has 156 valence electrons. The summed E-state index contributed by atoms with van der Waals surface area (Å²) in [5.74, 6) is -2.05. The summed E-state index contributed by atoms with van der Waals surface area (Å²) in [6.45, 7) is 5.65. The number of rotatable bonds is 3. The minimum atomic E-state index is -4.72. The summed E-state index contributed by atoms with van der Waals surface area (Å²) in [4.78, 5) is 25.9. The number of piperidine rings is 1. The van der Waals surface area contributed by atoms with E-state index in [1.165, 1.54) is 4.90 Å². The first-order chi connectivity index (χ1) is 12.9. The molecule has 1 atom stereocenters. The number of benzene rings is 1. The second-order valence-corrected chi connectivity index (χ2v) is 7.78. The number of nitrogens with zero attached hydrogens (tertiary/aromatic N) is 1. The molecule has 0 aromatic heterocycles. The molecule has 5 nitrogen and oxygen atoms in total. The van der Waals surface area contributed by atoms with Crippen LogP contribution >= 0.6 is 0 Å². The molecular weight excluding hydrogens is 380 g/mol. The van der Waals surface area contributed by atoms with Crippen molar-refractivity contribution in [2.45, 2.75) is 51.4 Å². The molecule has 0 saturated carbocycles. The zero-order valence-electron chi connectivity index (χ0n) is 16.0. The SMILES string of the molecule is CC(C)(C)OC(=O)N1CCC(C(=O)NC(c2ccc(F)cc2)C(F)(F)F)CC1. The summed E-state index contributed by atoms with van der Waals surface area (Å²) >= 11 is 0. The Kier molecular flexibility index (Phi) is 6.56. The van der Waals surface area contributed by atoms with Gasteiger partial charge in [-0.3, -0.25) is 4.79 Å². The standard InChI is InChI=1S/C19H24F4N2O3/c1-18(2,3)28-17(27)25-10-8-13(9-11-25)16(26)24-15(19(21,22)23)12-4-6-14(20)7-5-12/h4-7,13,15H,8-11H2,1-3H3,(H,24,26). The maximum atomic E-state index is 13.4. The Hall–Kier alpha value is -2.32. The maximum absolute atomic E-state index is 13.4. The lowest BCUT2D eigenvalue weighted by molar-refractivity contribution is -0.165. The third-order valence-electron chi connectivity index (χ3n) is 4.33. The molecule has 1 aliphatic heterocycles. The lowest BCUT2D eigenvalue weighted by atomic mass is 9.95. The zero-order chi connectivity index (χ0) is 21.1. The molecule has 1 aliphatic rings. The quantitative estimate of drug-likeness (QED) is 0.769. The van der Waals surface area contributed by atoms with Crippen molar-refractivity contribution in [2.75, 3.05) is 13.1 Å². The van der Waals surface area contributed by atoms with Crippen molar-refractivity contribution >= 4 is 12.0 Å². The van der Waals surface area contributed by atoms with Crippen LogP contribution in [0.15, 0.2) is 24.3 Å². The number of carbonyl (C=O) groups is 2. The highest BCUT2D eigenvalue weighted by Crippen LogP contribution is 2.33. The van der Waals surface area contributed by atoms with Gasteiger partial charge in [-0.05, 0) is 51.3 Å². The molecule has 1 saturated heterocycles. The van der Waals surface area contributed by atoms with Crippen LogP contribution in [0, 0.1) is 11.7 Å². The predicted molar refractivity (Wildman–Crippen MR) is 93.9 cm³/mol. The average molecular weight is 404 g/mol. The average Bonchev–Trinajstić information content (AvgIpc) is 2.58. The molecule has 0 spiro atoms. The third-order valence-corrected chi connectivity index (χ3v) is 4.33. The van der Waals surface area contributed by atoms with Gasteiger partial charge in [0, 0.05) is 19.0 Å². The van der Waals surface area contributed by atoms with Crippen molar-refractivity contribution in [3.8, 4) is 0 Å². The van der Waals surface area contributed by atoms with E-state index < -0.39 is 41.6 Å². The van der Waals surface area contributed by atoms with Crippen molar-refractivity contribution in [2.24, 2.45) is 5.92 Å². The molecule has 2 amide bonds. The molecule has 2 rings (SSSR count). The van der Waals surface area contributed by atoms with Gasteiger partial charge in [-0.1, -0.05) is 12.1 Å². The Labute approximate surface area is 161 Å². The highest BCUT2D eigenvalue weighted by molar-refractivity contribution is 5.79. The van der Waals surface area contributed by atoms with Gasteiger partial charge in [-0.25, -0.2) is 9.18 Å². The van der Waals surface area contributed by atoms with Gasteiger partial charge in [-0.15, -0.1) is 0 Å². The second-order valence-electron chi connectivity index (χ2n) is 7.78. The number of amides is 2. The van der Waals surface area contributed by atoms with Crippen LogP contribution in [0.25, 0.3) is 0 Å². The Balaban J connectivity index is 1.98. The number of carbonyl (C=O) groups excluding carboxylic acids is 2. The number of nitrogens with one attached hydrogen (secondary N) is 1. The number of likely N-dealkylation sites (tertiary alicyclic amines) is 1. The largest absolute Gasteiger partial charge is 0.444 e. The Morgan fingerprint density at radius 3 is 2.11 bits per heavy atom. The first kappa shape index (κ1) is 22.0. The third kappa shape index (κ3) is 6.10. The van der Waals surface area contributed by atoms with Crippen LogP contribution < -0.4 is 5.32 Å². The van der Waals surface area contributed by atoms with Crippen LogP contribution in [0.4, 0.5) is 22.4 Å². The molecule has 0 radical (unpaired) electrons. The minimum absolute atomic E-state index is 0.222. The second kappa shape index (κ2) is 8.36. The van der Waals surface area contributed by atoms with E-state index in [4.69, 9.17) is 4.74 Å². The molecule has 1 fully saturated rings. The highest BCUT2D eigenvalue weighted by Gasteiger charge is 2.43. The summed E-state index contributed by atoms with van der Waals surface area (Å²) < 4.78 is 58.4. The van der Waals surface area contributed by atoms with E-state index in [1.54, 1.807) is 20.8 Å². The normalized spacial score (nSPS) is 17.2. The number of hydrogen-bond donors (Lipinski definition) is 1. The van der Waals surface area contributed by atoms with Gasteiger partial charge in [-0.2, -0.15) is 13.2 Å². The first-order valence-electron chi connectivity index (χ1n) is 8.97. The van der Waals surface area contributed by atoms with E-state index in [1.807, 2.05) is 5.32 Å². The van der Waals surface area contributed by atoms with Crippen molar-refractivity contribution in [3.05, 3.63) is 35.6 Å². The van der Waals surface area contributed by atoms with E-state index in [0.717, 1.165) is 24.3 Å². The van der Waals surface area contributed by atoms with E-state index in [0.29, 0.717) is 0 Å². The van der Waals surface area contributed by atoms with Crippen molar-refractivity contribution in [3.63, 3.8) is 0 Å². The Morgan fingerprint density at radius 2 is 1.64 bits per heavy atom. The van der Waals surface area contributed by atoms with Crippen LogP contribution in [-0.4, -0.2) is 41.8 Å². The number of ether oxygens (including phenoxy) is 1. The van der Waals surface area contributed by atoms with E-state index >= 15 is 0 Å². The predicted octanol–water partition coefficient (Wildman–Crippen LogP) is 4.19. The van der Waals surface area contributed by atoms with Gasteiger partial charge in [0.1, 0.15) is 11.4 Å². The molecule has 1 heterocycles. The lowest BCUT2D eigenvalue weighted by Gasteiger charge is -2.33. The van der Waals surface area contributed by atoms with Gasteiger partial charge < -0.3 is 15.0 Å². The maximum Gasteiger partial charge on any atom is 0.412 e. The smallest absolute Gasteiger partial charge is 0.412 e. The monoisotopic (exact) mass is 404 g/mol. The fourth-order valence-corrected chi connectivity index (χ4v) is 2.92. The zero-order valence-corrected chi connectivity index (χ0v) is 16.0. The van der Waals surface area contributed by atoms with E-state index in [2.05, 4.69) is 0 Å². The summed E-state index contributed by atoms with van der Waals surface area (Å²) in [6, 6.07) is 1.61. The molecule has 9 heteroatoms. The topological polar surface area (TPSA) is 58.6 Å². The van der Waals surface area contributed by atoms with Crippen LogP contribution in [0.5, 0.6) is 0 Å². The molecule has 0 aliphatic carbocycles. The summed E-state index contributed by atoms with van der Waals surface area (Å²) in [6.07, 6.45) is -4.76. The number of alkyl halides is 3. The Morgan fingerprint density at radius 1 is 1.11 bits per heavy atom. The van der Waals surface area contributed by atoms with Crippen LogP contribution in [-0.2, 0) is 9.53 Å².